The summed E-state index contributed by atoms with van der Waals surface area (Å²) < 4.78 is 0. The minimum absolute atomic E-state index is 0.661. The molecule has 1 aliphatic heterocycles. The second-order valence-electron chi connectivity index (χ2n) is 5.28. The summed E-state index contributed by atoms with van der Waals surface area (Å²) in [5.41, 5.74) is 1.84. The number of anilines is 2. The average molecular weight is 336 g/mol. The first kappa shape index (κ1) is 15.2. The Kier molecular flexibility index (Phi) is 4.55. The number of halogens is 1. The highest BCUT2D eigenvalue weighted by Gasteiger charge is 2.19. The third-order valence-corrected chi connectivity index (χ3v) is 5.35. The molecule has 1 aromatic carbocycles. The van der Waals surface area contributed by atoms with E-state index in [1.54, 1.807) is 11.3 Å². The van der Waals surface area contributed by atoms with Crippen molar-refractivity contribution < 1.29 is 5.21 Å². The third-order valence-electron chi connectivity index (χ3n) is 3.86. The van der Waals surface area contributed by atoms with Crippen LogP contribution in [-0.4, -0.2) is 37.1 Å². The summed E-state index contributed by atoms with van der Waals surface area (Å²) in [6, 6.07) is 12.1. The molecule has 0 amide bonds. The lowest BCUT2D eigenvalue weighted by Gasteiger charge is -2.36. The highest BCUT2D eigenvalue weighted by Crippen LogP contribution is 2.28. The molecule has 0 unspecified atom stereocenters. The molecule has 3 rings (SSSR count). The molecule has 0 aliphatic carbocycles. The number of benzene rings is 1. The molecule has 6 heteroatoms. The minimum atomic E-state index is 0.661. The Labute approximate surface area is 139 Å². The van der Waals surface area contributed by atoms with Gasteiger partial charge in [-0.15, -0.1) is 11.3 Å². The van der Waals surface area contributed by atoms with Crippen molar-refractivity contribution in [1.29, 1.82) is 0 Å². The fourth-order valence-corrected chi connectivity index (χ4v) is 3.78. The third kappa shape index (κ3) is 3.20. The molecule has 0 bridgehead atoms. The largest absolute Gasteiger partial charge is 0.411 e. The summed E-state index contributed by atoms with van der Waals surface area (Å²) in [5, 5.41) is 14.1. The molecular weight excluding hydrogens is 318 g/mol. The smallest absolute Gasteiger partial charge is 0.0937 e. The monoisotopic (exact) mass is 335 g/mol. The number of thiophene rings is 1. The topological polar surface area (TPSA) is 39.1 Å². The molecule has 22 heavy (non-hydrogen) atoms. The number of rotatable bonds is 3. The van der Waals surface area contributed by atoms with E-state index in [2.05, 4.69) is 27.1 Å². The van der Waals surface area contributed by atoms with Crippen LogP contribution in [0, 0.1) is 0 Å². The van der Waals surface area contributed by atoms with Crippen LogP contribution in [0.2, 0.25) is 5.02 Å². The maximum absolute atomic E-state index is 8.85. The van der Waals surface area contributed by atoms with Gasteiger partial charge in [0.1, 0.15) is 0 Å². The Morgan fingerprint density at radius 1 is 1.14 bits per heavy atom. The quantitative estimate of drug-likeness (QED) is 0.525. The van der Waals surface area contributed by atoms with E-state index < -0.39 is 0 Å². The van der Waals surface area contributed by atoms with Crippen molar-refractivity contribution in [2.45, 2.75) is 6.92 Å². The molecule has 116 valence electrons. The first-order chi connectivity index (χ1) is 10.7. The van der Waals surface area contributed by atoms with Gasteiger partial charge in [0.2, 0.25) is 0 Å². The summed E-state index contributed by atoms with van der Waals surface area (Å²) in [5.74, 6) is 0. The van der Waals surface area contributed by atoms with Gasteiger partial charge in [-0.3, -0.25) is 0 Å². The van der Waals surface area contributed by atoms with Gasteiger partial charge in [-0.05, 0) is 37.3 Å². The predicted molar refractivity (Wildman–Crippen MR) is 94.2 cm³/mol. The van der Waals surface area contributed by atoms with Crippen molar-refractivity contribution >= 4 is 39.3 Å². The van der Waals surface area contributed by atoms with Crippen molar-refractivity contribution in [3.05, 3.63) is 46.3 Å². The van der Waals surface area contributed by atoms with Crippen LogP contribution in [0.5, 0.6) is 0 Å². The van der Waals surface area contributed by atoms with Crippen molar-refractivity contribution in [3.8, 4) is 0 Å². The van der Waals surface area contributed by atoms with Gasteiger partial charge in [-0.25, -0.2) is 0 Å². The second-order valence-corrected chi connectivity index (χ2v) is 6.78. The van der Waals surface area contributed by atoms with E-state index in [4.69, 9.17) is 16.8 Å². The lowest BCUT2D eigenvalue weighted by molar-refractivity contribution is 0.319. The SMILES string of the molecule is CC(=NO)c1ccc(N2CCN(c3cccc(Cl)c3)CC2)s1. The normalized spacial score (nSPS) is 16.2. The van der Waals surface area contributed by atoms with Crippen LogP contribution in [0.1, 0.15) is 11.8 Å². The molecule has 1 aliphatic rings. The molecule has 1 N–H and O–H groups in total. The summed E-state index contributed by atoms with van der Waals surface area (Å²) in [4.78, 5) is 5.74. The standard InChI is InChI=1S/C16H18ClN3OS/c1-12(18-21)15-5-6-16(22-15)20-9-7-19(8-10-20)14-4-2-3-13(17)11-14/h2-6,11,21H,7-10H2,1H3. The summed E-state index contributed by atoms with van der Waals surface area (Å²) in [6.07, 6.45) is 0. The van der Waals surface area contributed by atoms with Gasteiger partial charge in [-0.2, -0.15) is 0 Å². The van der Waals surface area contributed by atoms with Gasteiger partial charge in [0.25, 0.3) is 0 Å². The van der Waals surface area contributed by atoms with Gasteiger partial charge in [0, 0.05) is 36.9 Å². The van der Waals surface area contributed by atoms with E-state index >= 15 is 0 Å². The fraction of sp³-hybridized carbons (Fsp3) is 0.312. The van der Waals surface area contributed by atoms with Crippen LogP contribution in [0.25, 0.3) is 0 Å². The highest BCUT2D eigenvalue weighted by atomic mass is 35.5. The molecule has 1 saturated heterocycles. The van der Waals surface area contributed by atoms with Crippen LogP contribution in [-0.2, 0) is 0 Å². The van der Waals surface area contributed by atoms with E-state index in [0.717, 1.165) is 36.1 Å². The van der Waals surface area contributed by atoms with E-state index in [1.165, 1.54) is 10.7 Å². The number of hydrogen-bond acceptors (Lipinski definition) is 5. The van der Waals surface area contributed by atoms with E-state index in [0.29, 0.717) is 5.71 Å². The van der Waals surface area contributed by atoms with Crippen LogP contribution >= 0.6 is 22.9 Å². The molecule has 0 radical (unpaired) electrons. The summed E-state index contributed by atoms with van der Waals surface area (Å²) >= 11 is 7.73. The Morgan fingerprint density at radius 3 is 2.55 bits per heavy atom. The highest BCUT2D eigenvalue weighted by molar-refractivity contribution is 7.18. The molecule has 1 fully saturated rings. The maximum atomic E-state index is 8.85. The zero-order chi connectivity index (χ0) is 15.5. The molecule has 0 spiro atoms. The first-order valence-electron chi connectivity index (χ1n) is 7.22. The van der Waals surface area contributed by atoms with Crippen LogP contribution < -0.4 is 9.80 Å². The Morgan fingerprint density at radius 2 is 1.86 bits per heavy atom. The number of nitrogens with zero attached hydrogens (tertiary/aromatic N) is 3. The second kappa shape index (κ2) is 6.58. The zero-order valence-corrected chi connectivity index (χ0v) is 13.9. The van der Waals surface area contributed by atoms with E-state index in [1.807, 2.05) is 31.2 Å². The molecule has 2 heterocycles. The molecular formula is C16H18ClN3OS. The van der Waals surface area contributed by atoms with E-state index in [-0.39, 0.29) is 0 Å². The Bertz CT molecular complexity index is 678. The number of hydrogen-bond donors (Lipinski definition) is 1. The van der Waals surface area contributed by atoms with Crippen LogP contribution in [0.3, 0.4) is 0 Å². The van der Waals surface area contributed by atoms with Crippen molar-refractivity contribution in [2.75, 3.05) is 36.0 Å². The molecule has 2 aromatic rings. The Balaban J connectivity index is 1.65. The van der Waals surface area contributed by atoms with Gasteiger partial charge >= 0.3 is 0 Å². The zero-order valence-electron chi connectivity index (χ0n) is 12.4. The molecule has 4 nitrogen and oxygen atoms in total. The summed E-state index contributed by atoms with van der Waals surface area (Å²) in [7, 11) is 0. The average Bonchev–Trinajstić information content (AvgIpc) is 3.04. The molecule has 1 aromatic heterocycles. The minimum Gasteiger partial charge on any atom is -0.411 e. The van der Waals surface area contributed by atoms with Crippen molar-refractivity contribution in [1.82, 2.24) is 0 Å². The number of piperazine rings is 1. The van der Waals surface area contributed by atoms with Gasteiger partial charge < -0.3 is 15.0 Å². The van der Waals surface area contributed by atoms with Gasteiger partial charge in [0.15, 0.2) is 0 Å². The lowest BCUT2D eigenvalue weighted by Crippen LogP contribution is -2.46. The molecule has 0 saturated carbocycles. The summed E-state index contributed by atoms with van der Waals surface area (Å²) in [6.45, 7) is 5.71. The van der Waals surface area contributed by atoms with Crippen molar-refractivity contribution in [3.63, 3.8) is 0 Å². The Hall–Kier alpha value is -1.72. The van der Waals surface area contributed by atoms with Crippen molar-refractivity contribution in [2.24, 2.45) is 5.16 Å². The van der Waals surface area contributed by atoms with E-state index in [9.17, 15) is 0 Å². The van der Waals surface area contributed by atoms with Crippen LogP contribution in [0.15, 0.2) is 41.6 Å². The fourth-order valence-electron chi connectivity index (χ4n) is 2.60. The maximum Gasteiger partial charge on any atom is 0.0937 e. The van der Waals surface area contributed by atoms with Gasteiger partial charge in [0.05, 0.1) is 15.6 Å². The number of oxime groups is 1. The first-order valence-corrected chi connectivity index (χ1v) is 8.41. The van der Waals surface area contributed by atoms with Crippen LogP contribution in [0.4, 0.5) is 10.7 Å². The predicted octanol–water partition coefficient (Wildman–Crippen LogP) is 3.93. The molecule has 0 atom stereocenters. The lowest BCUT2D eigenvalue weighted by atomic mass is 10.2. The van der Waals surface area contributed by atoms with Gasteiger partial charge in [-0.1, -0.05) is 22.8 Å².